The van der Waals surface area contributed by atoms with Crippen molar-refractivity contribution in [2.24, 2.45) is 5.73 Å². The quantitative estimate of drug-likeness (QED) is 0.699. The van der Waals surface area contributed by atoms with Gasteiger partial charge in [0.05, 0.1) is 5.56 Å². The molecule has 0 spiro atoms. The fourth-order valence-electron chi connectivity index (χ4n) is 1.99. The van der Waals surface area contributed by atoms with Gasteiger partial charge in [-0.05, 0) is 16.8 Å². The Kier molecular flexibility index (Phi) is 4.38. The van der Waals surface area contributed by atoms with Gasteiger partial charge in [-0.3, -0.25) is 4.79 Å². The van der Waals surface area contributed by atoms with Gasteiger partial charge in [-0.2, -0.15) is 0 Å². The molecule has 0 unspecified atom stereocenters. The first kappa shape index (κ1) is 15.5. The van der Waals surface area contributed by atoms with Crippen molar-refractivity contribution in [3.8, 4) is 0 Å². The molecule has 0 aliphatic rings. The monoisotopic (exact) mass is 303 g/mol. The van der Waals surface area contributed by atoms with Crippen LogP contribution in [0, 0.1) is 0 Å². The Balaban J connectivity index is 2.34. The topological polar surface area (TPSA) is 127 Å². The highest BCUT2D eigenvalue weighted by Gasteiger charge is 2.34. The van der Waals surface area contributed by atoms with E-state index >= 15 is 0 Å². The van der Waals surface area contributed by atoms with E-state index in [2.05, 4.69) is 0 Å². The summed E-state index contributed by atoms with van der Waals surface area (Å²) in [4.78, 5) is 34.0. The summed E-state index contributed by atoms with van der Waals surface area (Å²) in [6, 6.07) is 9.99. The smallest absolute Gasteiger partial charge is 0.347 e. The number of carboxylic acids is 2. The summed E-state index contributed by atoms with van der Waals surface area (Å²) in [5, 5.41) is 19.1. The Labute approximate surface area is 124 Å². The summed E-state index contributed by atoms with van der Waals surface area (Å²) < 4.78 is 4.78. The summed E-state index contributed by atoms with van der Waals surface area (Å²) in [5.41, 5.74) is 5.38. The van der Waals surface area contributed by atoms with Crippen LogP contribution in [0.5, 0.6) is 0 Å². The van der Waals surface area contributed by atoms with Crippen LogP contribution in [0.25, 0.3) is 10.8 Å². The number of ether oxygens (including phenoxy) is 1. The Morgan fingerprint density at radius 2 is 1.59 bits per heavy atom. The third-order valence-electron chi connectivity index (χ3n) is 3.10. The molecule has 0 saturated heterocycles. The minimum atomic E-state index is -1.97. The predicted molar refractivity (Wildman–Crippen MR) is 76.4 cm³/mol. The Bertz CT molecular complexity index is 736. The summed E-state index contributed by atoms with van der Waals surface area (Å²) in [6.45, 7) is 0. The molecule has 114 valence electrons. The molecular weight excluding hydrogens is 290 g/mol. The van der Waals surface area contributed by atoms with Gasteiger partial charge < -0.3 is 20.7 Å². The molecule has 2 atom stereocenters. The molecule has 0 saturated carbocycles. The lowest BCUT2D eigenvalue weighted by Gasteiger charge is -2.17. The second-order valence-corrected chi connectivity index (χ2v) is 4.55. The predicted octanol–water partition coefficient (Wildman–Crippen LogP) is 0.862. The number of carbonyl (C=O) groups excluding carboxylic acids is 1. The second kappa shape index (κ2) is 6.23. The number of fused-ring (bicyclic) bond motifs is 1. The molecule has 0 amide bonds. The molecule has 22 heavy (non-hydrogen) atoms. The van der Waals surface area contributed by atoms with Crippen LogP contribution in [-0.4, -0.2) is 40.3 Å². The minimum Gasteiger partial charge on any atom is -0.480 e. The standard InChI is InChI=1S/C15H13NO6/c16-11(13(17)18)12(14(19)20)22-15(21)10-7-3-5-8-4-1-2-6-9(8)10/h1-7,11-12H,16H2,(H,17,18)(H,19,20)/t11-,12-/m1/s1. The molecule has 2 aromatic rings. The molecule has 2 rings (SSSR count). The van der Waals surface area contributed by atoms with Crippen molar-refractivity contribution in [2.45, 2.75) is 12.1 Å². The van der Waals surface area contributed by atoms with Gasteiger partial charge in [-0.15, -0.1) is 0 Å². The van der Waals surface area contributed by atoms with Crippen LogP contribution < -0.4 is 5.73 Å². The van der Waals surface area contributed by atoms with Crippen LogP contribution in [0.1, 0.15) is 10.4 Å². The molecule has 0 bridgehead atoms. The maximum Gasteiger partial charge on any atom is 0.347 e. The normalized spacial score (nSPS) is 13.3. The first-order valence-corrected chi connectivity index (χ1v) is 6.31. The van der Waals surface area contributed by atoms with Gasteiger partial charge in [0.2, 0.25) is 6.10 Å². The number of esters is 1. The number of nitrogens with two attached hydrogens (primary N) is 1. The lowest BCUT2D eigenvalue weighted by molar-refractivity contribution is -0.155. The Morgan fingerprint density at radius 1 is 0.955 bits per heavy atom. The van der Waals surface area contributed by atoms with E-state index in [4.69, 9.17) is 20.7 Å². The highest BCUT2D eigenvalue weighted by Crippen LogP contribution is 2.20. The molecule has 0 fully saturated rings. The van der Waals surface area contributed by atoms with Crippen LogP contribution in [0.4, 0.5) is 0 Å². The molecule has 0 aliphatic heterocycles. The fourth-order valence-corrected chi connectivity index (χ4v) is 1.99. The molecule has 0 heterocycles. The van der Waals surface area contributed by atoms with Crippen molar-refractivity contribution in [3.05, 3.63) is 48.0 Å². The summed E-state index contributed by atoms with van der Waals surface area (Å²) in [6.07, 6.45) is -1.97. The zero-order valence-corrected chi connectivity index (χ0v) is 11.3. The Morgan fingerprint density at radius 3 is 2.23 bits per heavy atom. The number of aliphatic carboxylic acids is 2. The van der Waals surface area contributed by atoms with Crippen molar-refractivity contribution in [3.63, 3.8) is 0 Å². The first-order chi connectivity index (χ1) is 10.4. The second-order valence-electron chi connectivity index (χ2n) is 4.55. The third kappa shape index (κ3) is 3.04. The fraction of sp³-hybridized carbons (Fsp3) is 0.133. The van der Waals surface area contributed by atoms with Gasteiger partial charge in [0, 0.05) is 0 Å². The summed E-state index contributed by atoms with van der Waals surface area (Å²) in [7, 11) is 0. The van der Waals surface area contributed by atoms with E-state index < -0.39 is 30.1 Å². The van der Waals surface area contributed by atoms with Crippen molar-refractivity contribution in [1.82, 2.24) is 0 Å². The van der Waals surface area contributed by atoms with Crippen molar-refractivity contribution < 1.29 is 29.3 Å². The van der Waals surface area contributed by atoms with Gasteiger partial charge in [-0.25, -0.2) is 9.59 Å². The van der Waals surface area contributed by atoms with E-state index in [-0.39, 0.29) is 5.56 Å². The van der Waals surface area contributed by atoms with Crippen LogP contribution in [0.3, 0.4) is 0 Å². The number of carboxylic acid groups (broad SMARTS) is 2. The molecular formula is C15H13NO6. The van der Waals surface area contributed by atoms with Crippen molar-refractivity contribution >= 4 is 28.7 Å². The lowest BCUT2D eigenvalue weighted by Crippen LogP contribution is -2.48. The number of rotatable bonds is 5. The number of benzene rings is 2. The van der Waals surface area contributed by atoms with E-state index in [1.54, 1.807) is 36.4 Å². The third-order valence-corrected chi connectivity index (χ3v) is 3.10. The SMILES string of the molecule is N[C@@H](C(=O)O)[C@@H](OC(=O)c1cccc2ccccc12)C(=O)O. The van der Waals surface area contributed by atoms with E-state index in [1.165, 1.54) is 6.07 Å². The first-order valence-electron chi connectivity index (χ1n) is 6.31. The summed E-state index contributed by atoms with van der Waals surface area (Å²) in [5.74, 6) is -4.14. The molecule has 7 heteroatoms. The van der Waals surface area contributed by atoms with Crippen LogP contribution >= 0.6 is 0 Å². The molecule has 2 aromatic carbocycles. The molecule has 0 aliphatic carbocycles. The number of carbonyl (C=O) groups is 3. The van der Waals surface area contributed by atoms with Gasteiger partial charge in [-0.1, -0.05) is 36.4 Å². The van der Waals surface area contributed by atoms with E-state index in [9.17, 15) is 14.4 Å². The van der Waals surface area contributed by atoms with Crippen molar-refractivity contribution in [2.75, 3.05) is 0 Å². The highest BCUT2D eigenvalue weighted by atomic mass is 16.6. The van der Waals surface area contributed by atoms with E-state index in [0.717, 1.165) is 5.39 Å². The van der Waals surface area contributed by atoms with Crippen LogP contribution in [0.2, 0.25) is 0 Å². The van der Waals surface area contributed by atoms with Crippen LogP contribution in [0.15, 0.2) is 42.5 Å². The van der Waals surface area contributed by atoms with Crippen molar-refractivity contribution in [1.29, 1.82) is 0 Å². The summed E-state index contributed by atoms with van der Waals surface area (Å²) >= 11 is 0. The zero-order chi connectivity index (χ0) is 16.3. The highest BCUT2D eigenvalue weighted by molar-refractivity contribution is 6.05. The molecule has 0 radical (unpaired) electrons. The largest absolute Gasteiger partial charge is 0.480 e. The van der Waals surface area contributed by atoms with Gasteiger partial charge in [0.25, 0.3) is 0 Å². The maximum atomic E-state index is 12.2. The average Bonchev–Trinajstić information content (AvgIpc) is 2.50. The molecule has 4 N–H and O–H groups in total. The molecule has 7 nitrogen and oxygen atoms in total. The van der Waals surface area contributed by atoms with Gasteiger partial charge in [0.1, 0.15) is 0 Å². The number of hydrogen-bond acceptors (Lipinski definition) is 5. The molecule has 0 aromatic heterocycles. The van der Waals surface area contributed by atoms with Crippen LogP contribution in [-0.2, 0) is 14.3 Å². The zero-order valence-electron chi connectivity index (χ0n) is 11.3. The van der Waals surface area contributed by atoms with E-state index in [1.807, 2.05) is 0 Å². The number of hydrogen-bond donors (Lipinski definition) is 3. The lowest BCUT2D eigenvalue weighted by atomic mass is 10.0. The maximum absolute atomic E-state index is 12.2. The van der Waals surface area contributed by atoms with Gasteiger partial charge in [0.15, 0.2) is 6.04 Å². The average molecular weight is 303 g/mol. The van der Waals surface area contributed by atoms with E-state index in [0.29, 0.717) is 5.39 Å². The van der Waals surface area contributed by atoms with Gasteiger partial charge >= 0.3 is 17.9 Å². The minimum absolute atomic E-state index is 0.141. The Hall–Kier alpha value is -2.93.